The smallest absolute Gasteiger partial charge is 0.161 e. The topological polar surface area (TPSA) is 31.0 Å². The van der Waals surface area contributed by atoms with E-state index in [0.717, 1.165) is 19.4 Å². The molecule has 0 N–H and O–H groups in total. The lowest BCUT2D eigenvalue weighted by atomic mass is 9.89. The summed E-state index contributed by atoms with van der Waals surface area (Å²) in [5, 5.41) is 0. The predicted molar refractivity (Wildman–Crippen MR) is 55.5 cm³/mol. The van der Waals surface area contributed by atoms with Gasteiger partial charge in [0.1, 0.15) is 0 Å². The summed E-state index contributed by atoms with van der Waals surface area (Å²) in [7, 11) is 0. The molecule has 3 fully saturated rings. The van der Waals surface area contributed by atoms with E-state index in [4.69, 9.17) is 14.2 Å². The summed E-state index contributed by atoms with van der Waals surface area (Å²) in [5.74, 6) is 0.579. The van der Waals surface area contributed by atoms with Gasteiger partial charge in [0.15, 0.2) is 6.29 Å². The molecule has 2 heterocycles. The highest BCUT2D eigenvalue weighted by Crippen LogP contribution is 2.42. The standard InChI is InChI=1S/C12H20O3/c1-2-3-9-7-13-12(14-9)8-4-5-10-11(6-8)15-10/h8-12H,2-7H2,1H3. The average Bonchev–Trinajstić information content (AvgIpc) is 2.88. The summed E-state index contributed by atoms with van der Waals surface area (Å²) < 4.78 is 17.2. The molecule has 5 atom stereocenters. The molecule has 3 heteroatoms. The van der Waals surface area contributed by atoms with Gasteiger partial charge in [0.05, 0.1) is 24.9 Å². The minimum atomic E-state index is 0.0618. The van der Waals surface area contributed by atoms with Gasteiger partial charge in [-0.25, -0.2) is 0 Å². The first kappa shape index (κ1) is 10.1. The first-order valence-electron chi connectivity index (χ1n) is 6.29. The van der Waals surface area contributed by atoms with Crippen LogP contribution in [0.25, 0.3) is 0 Å². The molecule has 0 spiro atoms. The fraction of sp³-hybridized carbons (Fsp3) is 1.00. The summed E-state index contributed by atoms with van der Waals surface area (Å²) in [4.78, 5) is 0. The molecule has 3 rings (SSSR count). The summed E-state index contributed by atoms with van der Waals surface area (Å²) in [6.45, 7) is 2.99. The molecule has 0 amide bonds. The van der Waals surface area contributed by atoms with Crippen LogP contribution >= 0.6 is 0 Å². The molecule has 0 aromatic carbocycles. The molecule has 5 unspecified atom stereocenters. The van der Waals surface area contributed by atoms with Crippen LogP contribution < -0.4 is 0 Å². The second-order valence-corrected chi connectivity index (χ2v) is 5.03. The van der Waals surface area contributed by atoms with Crippen molar-refractivity contribution in [3.8, 4) is 0 Å². The normalized spacial score (nSPS) is 49.0. The van der Waals surface area contributed by atoms with Gasteiger partial charge >= 0.3 is 0 Å². The van der Waals surface area contributed by atoms with Crippen LogP contribution in [0.2, 0.25) is 0 Å². The second-order valence-electron chi connectivity index (χ2n) is 5.03. The average molecular weight is 212 g/mol. The van der Waals surface area contributed by atoms with E-state index in [2.05, 4.69) is 6.92 Å². The van der Waals surface area contributed by atoms with Gasteiger partial charge in [-0.3, -0.25) is 0 Å². The van der Waals surface area contributed by atoms with Crippen molar-refractivity contribution in [3.05, 3.63) is 0 Å². The lowest BCUT2D eigenvalue weighted by molar-refractivity contribution is -0.104. The Morgan fingerprint density at radius 2 is 2.07 bits per heavy atom. The number of hydrogen-bond donors (Lipinski definition) is 0. The Morgan fingerprint density at radius 1 is 1.13 bits per heavy atom. The predicted octanol–water partition coefficient (Wildman–Crippen LogP) is 2.10. The van der Waals surface area contributed by atoms with Gasteiger partial charge in [0.2, 0.25) is 0 Å². The molecule has 3 aliphatic rings. The van der Waals surface area contributed by atoms with Gasteiger partial charge < -0.3 is 14.2 Å². The first-order chi connectivity index (χ1) is 7.36. The van der Waals surface area contributed by atoms with E-state index in [1.807, 2.05) is 0 Å². The summed E-state index contributed by atoms with van der Waals surface area (Å²) in [6.07, 6.45) is 7.39. The van der Waals surface area contributed by atoms with Crippen LogP contribution in [0.4, 0.5) is 0 Å². The minimum absolute atomic E-state index is 0.0618. The Morgan fingerprint density at radius 3 is 2.87 bits per heavy atom. The molecular formula is C12H20O3. The third-order valence-electron chi connectivity index (χ3n) is 3.81. The van der Waals surface area contributed by atoms with Crippen LogP contribution in [-0.2, 0) is 14.2 Å². The van der Waals surface area contributed by atoms with Crippen LogP contribution in [0.15, 0.2) is 0 Å². The SMILES string of the molecule is CCCC1COC(C2CCC3OC3C2)O1. The molecular weight excluding hydrogens is 192 g/mol. The third-order valence-corrected chi connectivity index (χ3v) is 3.81. The fourth-order valence-corrected chi connectivity index (χ4v) is 2.87. The van der Waals surface area contributed by atoms with Crippen LogP contribution in [-0.4, -0.2) is 31.2 Å². The van der Waals surface area contributed by atoms with Gasteiger partial charge in [-0.05, 0) is 25.7 Å². The Hall–Kier alpha value is -0.120. The second kappa shape index (κ2) is 4.04. The molecule has 0 radical (unpaired) electrons. The Kier molecular flexibility index (Phi) is 2.71. The van der Waals surface area contributed by atoms with E-state index >= 15 is 0 Å². The molecule has 1 saturated carbocycles. The first-order valence-corrected chi connectivity index (χ1v) is 6.29. The zero-order valence-corrected chi connectivity index (χ0v) is 9.35. The lowest BCUT2D eigenvalue weighted by Crippen LogP contribution is -2.27. The summed E-state index contributed by atoms with van der Waals surface area (Å²) >= 11 is 0. The monoisotopic (exact) mass is 212 g/mol. The highest BCUT2D eigenvalue weighted by Gasteiger charge is 2.47. The molecule has 2 aliphatic heterocycles. The summed E-state index contributed by atoms with van der Waals surface area (Å²) in [6, 6.07) is 0. The quantitative estimate of drug-likeness (QED) is 0.671. The van der Waals surface area contributed by atoms with Crippen LogP contribution in [0.3, 0.4) is 0 Å². The van der Waals surface area contributed by atoms with Crippen LogP contribution in [0, 0.1) is 5.92 Å². The maximum Gasteiger partial charge on any atom is 0.161 e. The van der Waals surface area contributed by atoms with Crippen molar-refractivity contribution < 1.29 is 14.2 Å². The van der Waals surface area contributed by atoms with E-state index in [9.17, 15) is 0 Å². The van der Waals surface area contributed by atoms with Gasteiger partial charge in [-0.15, -0.1) is 0 Å². The molecule has 15 heavy (non-hydrogen) atoms. The number of ether oxygens (including phenoxy) is 3. The molecule has 86 valence electrons. The van der Waals surface area contributed by atoms with E-state index < -0.39 is 0 Å². The van der Waals surface area contributed by atoms with E-state index in [1.54, 1.807) is 0 Å². The summed E-state index contributed by atoms with van der Waals surface area (Å²) in [5.41, 5.74) is 0. The largest absolute Gasteiger partial charge is 0.370 e. The molecule has 0 bridgehead atoms. The zero-order valence-electron chi connectivity index (χ0n) is 9.35. The molecule has 0 aromatic rings. The molecule has 3 nitrogen and oxygen atoms in total. The highest BCUT2D eigenvalue weighted by atomic mass is 16.7. The number of rotatable bonds is 3. The van der Waals surface area contributed by atoms with Crippen molar-refractivity contribution in [1.29, 1.82) is 0 Å². The maximum absolute atomic E-state index is 5.93. The number of hydrogen-bond acceptors (Lipinski definition) is 3. The van der Waals surface area contributed by atoms with Crippen LogP contribution in [0.5, 0.6) is 0 Å². The number of fused-ring (bicyclic) bond motifs is 1. The highest BCUT2D eigenvalue weighted by molar-refractivity contribution is 4.93. The molecule has 0 aromatic heterocycles. The van der Waals surface area contributed by atoms with Crippen LogP contribution in [0.1, 0.15) is 39.0 Å². The Bertz CT molecular complexity index is 231. The zero-order chi connectivity index (χ0) is 10.3. The lowest BCUT2D eigenvalue weighted by Gasteiger charge is -2.24. The van der Waals surface area contributed by atoms with Gasteiger partial charge in [0.25, 0.3) is 0 Å². The van der Waals surface area contributed by atoms with Crippen molar-refractivity contribution in [1.82, 2.24) is 0 Å². The van der Waals surface area contributed by atoms with Crippen molar-refractivity contribution in [2.45, 2.75) is 63.6 Å². The van der Waals surface area contributed by atoms with E-state index in [0.29, 0.717) is 24.2 Å². The molecule has 2 saturated heterocycles. The van der Waals surface area contributed by atoms with Gasteiger partial charge in [-0.2, -0.15) is 0 Å². The maximum atomic E-state index is 5.93. The Balaban J connectivity index is 1.50. The van der Waals surface area contributed by atoms with Crippen molar-refractivity contribution in [2.75, 3.05) is 6.61 Å². The van der Waals surface area contributed by atoms with Crippen molar-refractivity contribution >= 4 is 0 Å². The minimum Gasteiger partial charge on any atom is -0.370 e. The van der Waals surface area contributed by atoms with Crippen molar-refractivity contribution in [2.24, 2.45) is 5.92 Å². The molecule has 1 aliphatic carbocycles. The van der Waals surface area contributed by atoms with Gasteiger partial charge in [0, 0.05) is 5.92 Å². The van der Waals surface area contributed by atoms with Gasteiger partial charge in [-0.1, -0.05) is 13.3 Å². The Labute approximate surface area is 91.1 Å². The van der Waals surface area contributed by atoms with E-state index in [1.165, 1.54) is 19.3 Å². The van der Waals surface area contributed by atoms with E-state index in [-0.39, 0.29) is 6.29 Å². The van der Waals surface area contributed by atoms with Crippen molar-refractivity contribution in [3.63, 3.8) is 0 Å². The number of epoxide rings is 1. The fourth-order valence-electron chi connectivity index (χ4n) is 2.87. The third kappa shape index (κ3) is 2.05.